The first kappa shape index (κ1) is 79.3. The van der Waals surface area contributed by atoms with E-state index < -0.39 is 276 Å². The number of aliphatic hydroxyl groups excluding tert-OH is 18. The number of aliphatic hydroxyl groups is 18. The van der Waals surface area contributed by atoms with Crippen LogP contribution in [0.15, 0.2) is 0 Å². The van der Waals surface area contributed by atoms with Crippen LogP contribution in [0.25, 0.3) is 0 Å². The summed E-state index contributed by atoms with van der Waals surface area (Å²) in [6.07, 6.45) is -39.8. The highest BCUT2D eigenvalue weighted by atomic mass is 16.8. The molecule has 0 amide bonds. The second kappa shape index (κ2) is 35.1. The van der Waals surface area contributed by atoms with E-state index in [-0.39, 0.29) is 63.7 Å². The summed E-state index contributed by atoms with van der Waals surface area (Å²) in [5, 5.41) is 194. The van der Waals surface area contributed by atoms with Gasteiger partial charge >= 0.3 is 17.9 Å². The third kappa shape index (κ3) is 18.7. The van der Waals surface area contributed by atoms with Gasteiger partial charge in [0.1, 0.15) is 136 Å². The average molecular weight is 1460 g/mol. The largest absolute Gasteiger partial charge is 0.463 e. The van der Waals surface area contributed by atoms with E-state index in [9.17, 15) is 106 Å². The van der Waals surface area contributed by atoms with Gasteiger partial charge in [0.05, 0.1) is 85.4 Å². The molecule has 35 nitrogen and oxygen atoms in total. The number of ether oxygens (including phenoxy) is 14. The third-order valence-corrected chi connectivity index (χ3v) is 22.8. The molecular formula is C66H106O35. The van der Waals surface area contributed by atoms with Crippen LogP contribution in [0.2, 0.25) is 0 Å². The van der Waals surface area contributed by atoms with Crippen molar-refractivity contribution in [1.82, 2.24) is 0 Å². The Kier molecular flexibility index (Phi) is 27.5. The number of hydrogen-bond donors (Lipinski definition) is 18. The summed E-state index contributed by atoms with van der Waals surface area (Å²) in [6.45, 7) is -0.576. The van der Waals surface area contributed by atoms with Gasteiger partial charge in [-0.3, -0.25) is 14.4 Å². The maximum atomic E-state index is 13.6. The van der Waals surface area contributed by atoms with Crippen LogP contribution >= 0.6 is 0 Å². The lowest BCUT2D eigenvalue weighted by atomic mass is 9.73. The first-order valence-corrected chi connectivity index (χ1v) is 36.0. The molecule has 5 saturated carbocycles. The van der Waals surface area contributed by atoms with E-state index in [2.05, 4.69) is 0 Å². The van der Waals surface area contributed by atoms with Crippen molar-refractivity contribution in [3.63, 3.8) is 0 Å². The van der Waals surface area contributed by atoms with Crippen LogP contribution in [0, 0.1) is 29.6 Å². The van der Waals surface area contributed by atoms with Crippen molar-refractivity contribution >= 4 is 17.9 Å². The summed E-state index contributed by atoms with van der Waals surface area (Å²) in [4.78, 5) is 39.6. The van der Waals surface area contributed by atoms with Gasteiger partial charge in [0.2, 0.25) is 0 Å². The highest BCUT2D eigenvalue weighted by Crippen LogP contribution is 2.45. The van der Waals surface area contributed by atoms with Gasteiger partial charge in [-0.15, -0.1) is 0 Å². The monoisotopic (exact) mass is 1460 g/mol. The van der Waals surface area contributed by atoms with Crippen molar-refractivity contribution < 1.29 is 173 Å². The number of carbonyl (C=O) groups is 3. The lowest BCUT2D eigenvalue weighted by Crippen LogP contribution is -2.63. The molecule has 0 radical (unpaired) electrons. The molecule has 18 N–H and O–H groups in total. The molecule has 6 aliphatic heterocycles. The van der Waals surface area contributed by atoms with Crippen molar-refractivity contribution in [3.8, 4) is 0 Å². The van der Waals surface area contributed by atoms with Crippen molar-refractivity contribution in [1.29, 1.82) is 0 Å². The number of carbonyl (C=O) groups excluding carboxylic acids is 3. The normalized spacial score (nSPS) is 50.1. The molecule has 6 saturated heterocycles. The zero-order valence-electron chi connectivity index (χ0n) is 56.3. The molecule has 580 valence electrons. The van der Waals surface area contributed by atoms with Gasteiger partial charge in [-0.1, -0.05) is 0 Å². The molecule has 101 heavy (non-hydrogen) atoms. The Hall–Kier alpha value is -2.75. The minimum absolute atomic E-state index is 0.0397. The highest BCUT2D eigenvalue weighted by molar-refractivity contribution is 5.73. The van der Waals surface area contributed by atoms with E-state index in [1.54, 1.807) is 0 Å². The fourth-order valence-corrected chi connectivity index (χ4v) is 16.2. The number of esters is 3. The third-order valence-electron chi connectivity index (χ3n) is 22.8. The summed E-state index contributed by atoms with van der Waals surface area (Å²) < 4.78 is 82.8. The van der Waals surface area contributed by atoms with Crippen LogP contribution in [0.4, 0.5) is 0 Å². The Morgan fingerprint density at radius 2 is 0.673 bits per heavy atom. The average Bonchev–Trinajstić information content (AvgIpc) is 0.770. The molecule has 11 aliphatic rings. The second-order valence-corrected chi connectivity index (χ2v) is 29.8. The van der Waals surface area contributed by atoms with Crippen LogP contribution in [-0.2, 0) is 80.7 Å². The summed E-state index contributed by atoms with van der Waals surface area (Å²) in [5.74, 6) is -4.39. The molecule has 11 rings (SSSR count). The van der Waals surface area contributed by atoms with E-state index in [0.29, 0.717) is 64.2 Å². The molecule has 6 heterocycles. The van der Waals surface area contributed by atoms with Crippen LogP contribution in [-0.4, -0.2) is 345 Å². The van der Waals surface area contributed by atoms with Crippen LogP contribution in [0.5, 0.6) is 0 Å². The quantitative estimate of drug-likeness (QED) is 0.0375. The molecule has 0 aromatic rings. The van der Waals surface area contributed by atoms with E-state index in [1.165, 1.54) is 6.92 Å². The predicted molar refractivity (Wildman–Crippen MR) is 329 cm³/mol. The highest BCUT2D eigenvalue weighted by Gasteiger charge is 2.55. The molecule has 31 atom stereocenters. The van der Waals surface area contributed by atoms with E-state index in [0.717, 1.165) is 0 Å². The van der Waals surface area contributed by atoms with Crippen molar-refractivity contribution in [3.05, 3.63) is 0 Å². The minimum atomic E-state index is -1.83. The molecule has 31 unspecified atom stereocenters. The first-order valence-electron chi connectivity index (χ1n) is 36.0. The topological polar surface area (TPSA) is 545 Å². The van der Waals surface area contributed by atoms with E-state index in [1.807, 2.05) is 0 Å². The van der Waals surface area contributed by atoms with Gasteiger partial charge in [-0.25, -0.2) is 0 Å². The van der Waals surface area contributed by atoms with Gasteiger partial charge in [0.15, 0.2) is 31.5 Å². The van der Waals surface area contributed by atoms with E-state index in [4.69, 9.17) is 66.3 Å². The van der Waals surface area contributed by atoms with Crippen molar-refractivity contribution in [2.75, 3.05) is 26.4 Å². The predicted octanol–water partition coefficient (Wildman–Crippen LogP) is -6.36. The smallest absolute Gasteiger partial charge is 0.309 e. The summed E-state index contributed by atoms with van der Waals surface area (Å²) in [5.41, 5.74) is 0. The van der Waals surface area contributed by atoms with Crippen LogP contribution < -0.4 is 0 Å². The Labute approximate surface area is 582 Å². The van der Waals surface area contributed by atoms with Crippen molar-refractivity contribution in [2.24, 2.45) is 29.6 Å². The van der Waals surface area contributed by atoms with Crippen molar-refractivity contribution in [2.45, 2.75) is 337 Å². The summed E-state index contributed by atoms with van der Waals surface area (Å²) in [6, 6.07) is 0. The summed E-state index contributed by atoms with van der Waals surface area (Å²) in [7, 11) is 0. The standard InChI is InChI=1S/C66H106O35/c1-25-43(70)48(75)53(80)62(92-25)91-24-42-47(74)52(79)57(84)66(101-42)97-38-20-35-36(69)18-34(19-37(35)96-58(38)26-2-10-30(67)11-3-26)95-65-56(83)51(78)46(73)41(100-65)23-90-61(87)29-8-16-33(17-9-29)94-64-55(82)50(77)45(72)40(99-64)22-89-60(86)28-6-14-32(15-7-28)93-63-54(81)49(76)44(71)39(98-63)21-88-59(85)27-4-12-31(68)13-5-27/h25-58,62-84H,2-24H2,1H3. The zero-order valence-corrected chi connectivity index (χ0v) is 56.3. The molecule has 11 fully saturated rings. The zero-order chi connectivity index (χ0) is 72.4. The fraction of sp³-hybridized carbons (Fsp3) is 0.955. The van der Waals surface area contributed by atoms with Gasteiger partial charge in [0, 0.05) is 18.8 Å². The maximum absolute atomic E-state index is 13.6. The molecular weight excluding hydrogens is 1350 g/mol. The lowest BCUT2D eigenvalue weighted by molar-refractivity contribution is -0.348. The Morgan fingerprint density at radius 3 is 1.09 bits per heavy atom. The maximum Gasteiger partial charge on any atom is 0.309 e. The van der Waals surface area contributed by atoms with Gasteiger partial charge in [-0.05, 0) is 122 Å². The van der Waals surface area contributed by atoms with Gasteiger partial charge in [-0.2, -0.15) is 0 Å². The Balaban J connectivity index is 0.609. The Bertz CT molecular complexity index is 2600. The molecule has 0 spiro atoms. The fourth-order valence-electron chi connectivity index (χ4n) is 16.2. The van der Waals surface area contributed by atoms with E-state index >= 15 is 0 Å². The lowest BCUT2D eigenvalue weighted by Gasteiger charge is -2.51. The Morgan fingerprint density at radius 1 is 0.327 bits per heavy atom. The number of hydrogen-bond acceptors (Lipinski definition) is 35. The molecule has 0 bridgehead atoms. The molecule has 0 aromatic heterocycles. The summed E-state index contributed by atoms with van der Waals surface area (Å²) >= 11 is 0. The van der Waals surface area contributed by atoms with Gasteiger partial charge in [0.25, 0.3) is 0 Å². The first-order chi connectivity index (χ1) is 48.1. The SMILES string of the molecule is CC1OC(OCC2OC(OC3CC4C(O)CC(OC5OC(COC(=O)C6CCC(OC7OC(COC(=O)C8CCC(OC9OC(COC(=O)C%10CCC(O)CC%10)C(O)C(O)C9O)CC8)C(O)C(O)C7O)CC6)C(O)C(O)C5O)CC4OC3C3CCC(O)CC3)C(O)C(O)C2O)C(O)C(O)C1O. The molecule has 0 aromatic carbocycles. The van der Waals surface area contributed by atoms with Gasteiger partial charge < -0.3 is 158 Å². The second-order valence-electron chi connectivity index (χ2n) is 29.8. The number of fused-ring (bicyclic) bond motifs is 1. The van der Waals surface area contributed by atoms with Crippen LogP contribution in [0.1, 0.15) is 129 Å². The van der Waals surface area contributed by atoms with Crippen LogP contribution in [0.3, 0.4) is 0 Å². The molecule has 5 aliphatic carbocycles. The molecule has 35 heteroatoms. The minimum Gasteiger partial charge on any atom is -0.463 e. The number of rotatable bonds is 21.